The maximum absolute atomic E-state index is 12.0. The van der Waals surface area contributed by atoms with Crippen LogP contribution in [0, 0.1) is 5.92 Å². The minimum atomic E-state index is -3.08. The van der Waals surface area contributed by atoms with Gasteiger partial charge in [0.25, 0.3) is 0 Å². The Morgan fingerprint density at radius 3 is 2.53 bits per heavy atom. The number of carbonyl (C=O) groups is 1. The predicted octanol–water partition coefficient (Wildman–Crippen LogP) is 0.909. The molecule has 1 N–H and O–H groups in total. The molecule has 4 nitrogen and oxygen atoms in total. The summed E-state index contributed by atoms with van der Waals surface area (Å²) in [6, 6.07) is 0.810. The molecule has 3 atom stereocenters. The zero-order valence-electron chi connectivity index (χ0n) is 10.5. The largest absolute Gasteiger partial charge is 0.310 e. The van der Waals surface area contributed by atoms with Crippen LogP contribution in [0.1, 0.15) is 39.5 Å². The fourth-order valence-corrected chi connectivity index (χ4v) is 3.80. The lowest BCUT2D eigenvalue weighted by molar-refractivity contribution is -0.123. The summed E-state index contributed by atoms with van der Waals surface area (Å²) in [6.07, 6.45) is 3.33. The van der Waals surface area contributed by atoms with E-state index in [0.717, 1.165) is 12.8 Å². The molecule has 5 heteroatoms. The first kappa shape index (κ1) is 13.0. The molecule has 0 amide bonds. The molecule has 2 heterocycles. The van der Waals surface area contributed by atoms with Crippen LogP contribution in [0.25, 0.3) is 0 Å². The predicted molar refractivity (Wildman–Crippen MR) is 66.6 cm³/mol. The number of ketones is 1. The van der Waals surface area contributed by atoms with Gasteiger partial charge in [-0.15, -0.1) is 0 Å². The van der Waals surface area contributed by atoms with Crippen molar-refractivity contribution < 1.29 is 13.2 Å². The van der Waals surface area contributed by atoms with Crippen LogP contribution < -0.4 is 5.32 Å². The summed E-state index contributed by atoms with van der Waals surface area (Å²) in [5, 5.41) is 3.03. The van der Waals surface area contributed by atoms with Gasteiger partial charge in [-0.1, -0.05) is 0 Å². The molecular weight excluding hydrogens is 238 g/mol. The molecule has 0 aromatic carbocycles. The van der Waals surface area contributed by atoms with Crippen LogP contribution in [-0.4, -0.2) is 37.3 Å². The van der Waals surface area contributed by atoms with Gasteiger partial charge >= 0.3 is 0 Å². The first-order valence-corrected chi connectivity index (χ1v) is 8.12. The second-order valence-electron chi connectivity index (χ2n) is 5.52. The Morgan fingerprint density at radius 1 is 1.35 bits per heavy atom. The van der Waals surface area contributed by atoms with E-state index >= 15 is 0 Å². The van der Waals surface area contributed by atoms with Crippen LogP contribution in [0.4, 0.5) is 0 Å². The summed E-state index contributed by atoms with van der Waals surface area (Å²) in [6.45, 7) is 3.33. The van der Waals surface area contributed by atoms with Crippen molar-refractivity contribution >= 4 is 15.6 Å². The van der Waals surface area contributed by atoms with Crippen LogP contribution >= 0.6 is 0 Å². The fourth-order valence-electron chi connectivity index (χ4n) is 2.84. The smallest absolute Gasteiger partial charge is 0.153 e. The number of rotatable bonds is 5. The average molecular weight is 259 g/mol. The minimum absolute atomic E-state index is 0.0113. The van der Waals surface area contributed by atoms with E-state index in [2.05, 4.69) is 5.32 Å². The number of carbonyl (C=O) groups excluding carboxylic acids is 1. The molecule has 0 aliphatic carbocycles. The van der Waals surface area contributed by atoms with Gasteiger partial charge in [0.15, 0.2) is 9.84 Å². The molecule has 0 radical (unpaired) electrons. The number of sulfone groups is 1. The first-order chi connectivity index (χ1) is 7.90. The van der Waals surface area contributed by atoms with Crippen LogP contribution in [-0.2, 0) is 14.6 Å². The lowest BCUT2D eigenvalue weighted by Crippen LogP contribution is -2.30. The topological polar surface area (TPSA) is 63.2 Å². The summed E-state index contributed by atoms with van der Waals surface area (Å²) in [5.41, 5.74) is 0. The molecule has 3 unspecified atom stereocenters. The number of hydrogen-bond acceptors (Lipinski definition) is 4. The van der Waals surface area contributed by atoms with Crippen LogP contribution in [0.15, 0.2) is 0 Å². The van der Waals surface area contributed by atoms with Crippen molar-refractivity contribution in [3.8, 4) is 0 Å². The average Bonchev–Trinajstić information content (AvgIpc) is 2.87. The lowest BCUT2D eigenvalue weighted by atomic mass is 9.85. The number of fused-ring (bicyclic) bond motifs is 2. The monoisotopic (exact) mass is 259 g/mol. The van der Waals surface area contributed by atoms with Gasteiger partial charge in [0.05, 0.1) is 11.0 Å². The van der Waals surface area contributed by atoms with Crippen molar-refractivity contribution in [3.63, 3.8) is 0 Å². The van der Waals surface area contributed by atoms with Crippen molar-refractivity contribution in [1.82, 2.24) is 5.32 Å². The molecule has 0 saturated carbocycles. The normalized spacial score (nSPS) is 32.3. The van der Waals surface area contributed by atoms with Gasteiger partial charge in [-0.25, -0.2) is 8.42 Å². The maximum atomic E-state index is 12.0. The highest BCUT2D eigenvalue weighted by Gasteiger charge is 2.42. The van der Waals surface area contributed by atoms with Crippen molar-refractivity contribution in [2.24, 2.45) is 5.92 Å². The summed E-state index contributed by atoms with van der Waals surface area (Å²) in [7, 11) is -3.08. The van der Waals surface area contributed by atoms with E-state index in [9.17, 15) is 13.2 Å². The summed E-state index contributed by atoms with van der Waals surface area (Å²) in [4.78, 5) is 12.0. The Labute approximate surface area is 103 Å². The zero-order valence-corrected chi connectivity index (χ0v) is 11.3. The molecule has 0 aromatic rings. The van der Waals surface area contributed by atoms with E-state index < -0.39 is 9.84 Å². The maximum Gasteiger partial charge on any atom is 0.153 e. The SMILES string of the molecule is CC(C)S(=O)(=O)CCC(=O)C1CC2CCC1N2. The third-order valence-electron chi connectivity index (χ3n) is 4.06. The molecule has 0 spiro atoms. The number of hydrogen-bond donors (Lipinski definition) is 1. The zero-order chi connectivity index (χ0) is 12.6. The van der Waals surface area contributed by atoms with E-state index in [-0.39, 0.29) is 29.1 Å². The van der Waals surface area contributed by atoms with Gasteiger partial charge in [-0.3, -0.25) is 4.79 Å². The van der Waals surface area contributed by atoms with Gasteiger partial charge in [-0.05, 0) is 33.1 Å². The Hall–Kier alpha value is -0.420. The van der Waals surface area contributed by atoms with Crippen molar-refractivity contribution in [2.45, 2.75) is 56.9 Å². The van der Waals surface area contributed by atoms with Crippen molar-refractivity contribution in [3.05, 3.63) is 0 Å². The van der Waals surface area contributed by atoms with Gasteiger partial charge in [-0.2, -0.15) is 0 Å². The van der Waals surface area contributed by atoms with Crippen molar-refractivity contribution in [1.29, 1.82) is 0 Å². The van der Waals surface area contributed by atoms with Crippen LogP contribution in [0.3, 0.4) is 0 Å². The Kier molecular flexibility index (Phi) is 3.59. The highest BCUT2D eigenvalue weighted by atomic mass is 32.2. The molecule has 98 valence electrons. The summed E-state index contributed by atoms with van der Waals surface area (Å²) < 4.78 is 23.3. The Balaban J connectivity index is 1.86. The van der Waals surface area contributed by atoms with E-state index in [0.29, 0.717) is 12.1 Å². The fraction of sp³-hybridized carbons (Fsp3) is 0.917. The Bertz CT molecular complexity index is 402. The molecule has 2 aliphatic heterocycles. The summed E-state index contributed by atoms with van der Waals surface area (Å²) >= 11 is 0. The number of nitrogens with one attached hydrogen (secondary N) is 1. The van der Waals surface area contributed by atoms with Crippen LogP contribution in [0.2, 0.25) is 0 Å². The third-order valence-corrected chi connectivity index (χ3v) is 6.27. The number of Topliss-reactive ketones (excluding diaryl/α,β-unsaturated/α-hetero) is 1. The van der Waals surface area contributed by atoms with Gasteiger partial charge in [0, 0.05) is 24.4 Å². The molecule has 2 aliphatic rings. The molecule has 17 heavy (non-hydrogen) atoms. The lowest BCUT2D eigenvalue weighted by Gasteiger charge is -2.18. The van der Waals surface area contributed by atoms with Gasteiger partial charge in [0.2, 0.25) is 0 Å². The minimum Gasteiger partial charge on any atom is -0.310 e. The van der Waals surface area contributed by atoms with E-state index in [1.54, 1.807) is 13.8 Å². The van der Waals surface area contributed by atoms with Crippen LogP contribution in [0.5, 0.6) is 0 Å². The van der Waals surface area contributed by atoms with Crippen molar-refractivity contribution in [2.75, 3.05) is 5.75 Å². The van der Waals surface area contributed by atoms with E-state index in [1.807, 2.05) is 0 Å². The molecule has 0 aromatic heterocycles. The molecule has 2 rings (SSSR count). The molecule has 2 saturated heterocycles. The standard InChI is InChI=1S/C12H21NO3S/c1-8(2)17(15,16)6-5-12(14)10-7-9-3-4-11(10)13-9/h8-11,13H,3-7H2,1-2H3. The highest BCUT2D eigenvalue weighted by Crippen LogP contribution is 2.34. The molecule has 2 fully saturated rings. The first-order valence-electron chi connectivity index (χ1n) is 6.40. The third kappa shape index (κ3) is 2.71. The van der Waals surface area contributed by atoms with Gasteiger partial charge < -0.3 is 5.32 Å². The molecule has 2 bridgehead atoms. The second kappa shape index (κ2) is 4.69. The molecular formula is C12H21NO3S. The summed E-state index contributed by atoms with van der Waals surface area (Å²) in [5.74, 6) is 0.210. The second-order valence-corrected chi connectivity index (χ2v) is 8.20. The van der Waals surface area contributed by atoms with Gasteiger partial charge in [0.1, 0.15) is 5.78 Å². The highest BCUT2D eigenvalue weighted by molar-refractivity contribution is 7.91. The Morgan fingerprint density at radius 2 is 2.06 bits per heavy atom. The van der Waals surface area contributed by atoms with E-state index in [4.69, 9.17) is 0 Å². The van der Waals surface area contributed by atoms with E-state index in [1.165, 1.54) is 6.42 Å². The quantitative estimate of drug-likeness (QED) is 0.797.